The highest BCUT2D eigenvalue weighted by atomic mass is 16.3. The van der Waals surface area contributed by atoms with E-state index in [0.29, 0.717) is 6.42 Å². The maximum Gasteiger partial charge on any atom is 0.0572 e. The lowest BCUT2D eigenvalue weighted by molar-refractivity contribution is 0.0771. The van der Waals surface area contributed by atoms with Crippen LogP contribution in [-0.4, -0.2) is 22.4 Å². The van der Waals surface area contributed by atoms with Crippen molar-refractivity contribution < 1.29 is 10.2 Å². The molecule has 0 aromatic carbocycles. The largest absolute Gasteiger partial charge is 0.393 e. The van der Waals surface area contributed by atoms with E-state index in [0.717, 1.165) is 6.42 Å². The molecule has 1 radical (unpaired) electrons. The Labute approximate surface area is 69.2 Å². The molecule has 3 atom stereocenters. The van der Waals surface area contributed by atoms with E-state index in [9.17, 15) is 10.2 Å². The summed E-state index contributed by atoms with van der Waals surface area (Å²) in [5.41, 5.74) is 0. The van der Waals surface area contributed by atoms with Gasteiger partial charge in [-0.1, -0.05) is 20.8 Å². The minimum atomic E-state index is -0.369. The molecule has 0 fully saturated rings. The maximum atomic E-state index is 9.35. The molecule has 0 amide bonds. The highest BCUT2D eigenvalue weighted by Gasteiger charge is 2.15. The number of rotatable bonds is 5. The van der Waals surface area contributed by atoms with Crippen molar-refractivity contribution in [3.63, 3.8) is 0 Å². The predicted octanol–water partition coefficient (Wildman–Crippen LogP) is 1.37. The van der Waals surface area contributed by atoms with Gasteiger partial charge in [0.2, 0.25) is 0 Å². The standard InChI is InChI=1S/C9H19O2/c1-4-8(10)6-7(3)9(11)5-2/h4,7-11H,5-6H2,1-3H3. The summed E-state index contributed by atoms with van der Waals surface area (Å²) in [6.45, 7) is 5.74. The summed E-state index contributed by atoms with van der Waals surface area (Å²) < 4.78 is 0. The highest BCUT2D eigenvalue weighted by molar-refractivity contribution is 4.74. The van der Waals surface area contributed by atoms with E-state index < -0.39 is 0 Å². The van der Waals surface area contributed by atoms with Crippen molar-refractivity contribution in [1.29, 1.82) is 0 Å². The van der Waals surface area contributed by atoms with E-state index in [1.165, 1.54) is 0 Å². The molecule has 0 spiro atoms. The molecule has 0 aromatic heterocycles. The van der Waals surface area contributed by atoms with Crippen LogP contribution >= 0.6 is 0 Å². The van der Waals surface area contributed by atoms with Gasteiger partial charge < -0.3 is 10.2 Å². The van der Waals surface area contributed by atoms with Crippen molar-refractivity contribution in [2.45, 2.75) is 45.8 Å². The van der Waals surface area contributed by atoms with Crippen molar-refractivity contribution in [3.8, 4) is 0 Å². The van der Waals surface area contributed by atoms with Crippen LogP contribution < -0.4 is 0 Å². The van der Waals surface area contributed by atoms with Crippen LogP contribution in [0.5, 0.6) is 0 Å². The summed E-state index contributed by atoms with van der Waals surface area (Å²) in [7, 11) is 0. The van der Waals surface area contributed by atoms with Crippen molar-refractivity contribution in [2.75, 3.05) is 0 Å². The molecular weight excluding hydrogens is 140 g/mol. The zero-order valence-corrected chi connectivity index (χ0v) is 7.62. The van der Waals surface area contributed by atoms with Gasteiger partial charge in [-0.25, -0.2) is 0 Å². The van der Waals surface area contributed by atoms with Gasteiger partial charge in [0.15, 0.2) is 0 Å². The van der Waals surface area contributed by atoms with E-state index in [2.05, 4.69) is 0 Å². The monoisotopic (exact) mass is 159 g/mol. The molecule has 0 heterocycles. The third kappa shape index (κ3) is 4.38. The van der Waals surface area contributed by atoms with Crippen LogP contribution in [0.1, 0.15) is 33.6 Å². The molecular formula is C9H19O2. The first-order valence-electron chi connectivity index (χ1n) is 4.27. The second kappa shape index (κ2) is 5.56. The molecule has 2 nitrogen and oxygen atoms in total. The first-order chi connectivity index (χ1) is 5.11. The van der Waals surface area contributed by atoms with Gasteiger partial charge in [0, 0.05) is 0 Å². The zero-order chi connectivity index (χ0) is 8.85. The quantitative estimate of drug-likeness (QED) is 0.636. The second-order valence-corrected chi connectivity index (χ2v) is 3.09. The molecule has 0 aliphatic rings. The minimum absolute atomic E-state index is 0.186. The van der Waals surface area contributed by atoms with E-state index in [4.69, 9.17) is 0 Å². The molecule has 0 aromatic rings. The average Bonchev–Trinajstić information content (AvgIpc) is 2.02. The normalized spacial score (nSPS) is 19.4. The average molecular weight is 159 g/mol. The van der Waals surface area contributed by atoms with Crippen molar-refractivity contribution in [3.05, 3.63) is 6.42 Å². The van der Waals surface area contributed by atoms with E-state index in [1.807, 2.05) is 20.8 Å². The molecule has 0 bridgehead atoms. The molecule has 0 aliphatic heterocycles. The number of hydrogen-bond donors (Lipinski definition) is 2. The maximum absolute atomic E-state index is 9.35. The van der Waals surface area contributed by atoms with Crippen LogP contribution in [0.25, 0.3) is 0 Å². The summed E-state index contributed by atoms with van der Waals surface area (Å²) >= 11 is 0. The van der Waals surface area contributed by atoms with Gasteiger partial charge in [-0.15, -0.1) is 0 Å². The SMILES string of the molecule is C[CH]C(O)CC(C)C(O)CC. The Kier molecular flexibility index (Phi) is 5.51. The summed E-state index contributed by atoms with van der Waals surface area (Å²) in [4.78, 5) is 0. The van der Waals surface area contributed by atoms with Gasteiger partial charge in [-0.2, -0.15) is 0 Å². The fraction of sp³-hybridized carbons (Fsp3) is 0.889. The molecule has 2 N–H and O–H groups in total. The molecule has 0 rings (SSSR count). The van der Waals surface area contributed by atoms with Crippen molar-refractivity contribution >= 4 is 0 Å². The Bertz CT molecular complexity index is 93.6. The first kappa shape index (κ1) is 10.9. The molecule has 0 saturated heterocycles. The Morgan fingerprint density at radius 3 is 2.27 bits per heavy atom. The van der Waals surface area contributed by atoms with Crippen LogP contribution in [-0.2, 0) is 0 Å². The third-order valence-electron chi connectivity index (χ3n) is 2.07. The Morgan fingerprint density at radius 1 is 1.36 bits per heavy atom. The molecule has 3 unspecified atom stereocenters. The molecule has 0 saturated carbocycles. The Hall–Kier alpha value is -0.0800. The minimum Gasteiger partial charge on any atom is -0.393 e. The van der Waals surface area contributed by atoms with Crippen LogP contribution in [0.15, 0.2) is 0 Å². The van der Waals surface area contributed by atoms with Crippen LogP contribution in [0.2, 0.25) is 0 Å². The number of hydrogen-bond acceptors (Lipinski definition) is 2. The van der Waals surface area contributed by atoms with Gasteiger partial charge in [0.05, 0.1) is 12.2 Å². The number of aliphatic hydroxyl groups is 2. The van der Waals surface area contributed by atoms with Crippen LogP contribution in [0.4, 0.5) is 0 Å². The summed E-state index contributed by atoms with van der Waals surface area (Å²) in [5, 5.41) is 18.6. The summed E-state index contributed by atoms with van der Waals surface area (Å²) in [6, 6.07) is 0. The summed E-state index contributed by atoms with van der Waals surface area (Å²) in [5.74, 6) is 0.186. The first-order valence-corrected chi connectivity index (χ1v) is 4.27. The topological polar surface area (TPSA) is 40.5 Å². The molecule has 0 aliphatic carbocycles. The van der Waals surface area contributed by atoms with Gasteiger partial charge in [-0.3, -0.25) is 0 Å². The smallest absolute Gasteiger partial charge is 0.0572 e. The van der Waals surface area contributed by atoms with Crippen molar-refractivity contribution in [1.82, 2.24) is 0 Å². The number of aliphatic hydroxyl groups excluding tert-OH is 2. The van der Waals surface area contributed by atoms with E-state index in [-0.39, 0.29) is 18.1 Å². The molecule has 2 heteroatoms. The lowest BCUT2D eigenvalue weighted by Crippen LogP contribution is -2.21. The highest BCUT2D eigenvalue weighted by Crippen LogP contribution is 2.14. The van der Waals surface area contributed by atoms with Gasteiger partial charge in [0.1, 0.15) is 0 Å². The zero-order valence-electron chi connectivity index (χ0n) is 7.62. The fourth-order valence-corrected chi connectivity index (χ4v) is 1.08. The van der Waals surface area contributed by atoms with Gasteiger partial charge in [0.25, 0.3) is 0 Å². The van der Waals surface area contributed by atoms with Crippen LogP contribution in [0, 0.1) is 12.3 Å². The van der Waals surface area contributed by atoms with Gasteiger partial charge >= 0.3 is 0 Å². The van der Waals surface area contributed by atoms with Crippen LogP contribution in [0.3, 0.4) is 0 Å². The fourth-order valence-electron chi connectivity index (χ4n) is 1.08. The third-order valence-corrected chi connectivity index (χ3v) is 2.07. The van der Waals surface area contributed by atoms with Gasteiger partial charge in [-0.05, 0) is 25.2 Å². The summed E-state index contributed by atoms with van der Waals surface area (Å²) in [6.07, 6.45) is 2.53. The Morgan fingerprint density at radius 2 is 1.91 bits per heavy atom. The predicted molar refractivity (Wildman–Crippen MR) is 46.1 cm³/mol. The Balaban J connectivity index is 3.58. The molecule has 67 valence electrons. The van der Waals surface area contributed by atoms with E-state index >= 15 is 0 Å². The lowest BCUT2D eigenvalue weighted by atomic mass is 9.95. The lowest BCUT2D eigenvalue weighted by Gasteiger charge is -2.19. The van der Waals surface area contributed by atoms with E-state index in [1.54, 1.807) is 6.42 Å². The van der Waals surface area contributed by atoms with Crippen molar-refractivity contribution in [2.24, 2.45) is 5.92 Å². The second-order valence-electron chi connectivity index (χ2n) is 3.09. The molecule has 11 heavy (non-hydrogen) atoms.